The summed E-state index contributed by atoms with van der Waals surface area (Å²) in [6.07, 6.45) is 2.85. The lowest BCUT2D eigenvalue weighted by atomic mass is 9.96. The number of rotatable bonds is 7. The number of ether oxygens (including phenoxy) is 1. The van der Waals surface area contributed by atoms with E-state index in [2.05, 4.69) is 50.6 Å². The zero-order valence-electron chi connectivity index (χ0n) is 20.3. The Labute approximate surface area is 211 Å². The molecule has 2 saturated heterocycles. The van der Waals surface area contributed by atoms with Crippen molar-refractivity contribution in [3.05, 3.63) is 83.2 Å². The molecule has 0 spiro atoms. The number of benzene rings is 1. The predicted molar refractivity (Wildman–Crippen MR) is 139 cm³/mol. The van der Waals surface area contributed by atoms with Gasteiger partial charge < -0.3 is 19.5 Å². The second-order valence-corrected chi connectivity index (χ2v) is 9.65. The van der Waals surface area contributed by atoms with Gasteiger partial charge in [-0.3, -0.25) is 9.88 Å². The van der Waals surface area contributed by atoms with E-state index in [1.807, 2.05) is 30.5 Å². The molecule has 5 rings (SSSR count). The van der Waals surface area contributed by atoms with Gasteiger partial charge in [-0.2, -0.15) is 0 Å². The molecule has 8 heteroatoms. The number of nitrogens with one attached hydrogen (secondary N) is 1. The third kappa shape index (κ3) is 4.96. The zero-order chi connectivity index (χ0) is 24.4. The van der Waals surface area contributed by atoms with Crippen LogP contribution in [0.1, 0.15) is 41.1 Å². The molecule has 35 heavy (non-hydrogen) atoms. The summed E-state index contributed by atoms with van der Waals surface area (Å²) in [5, 5.41) is 4.33. The van der Waals surface area contributed by atoms with Crippen molar-refractivity contribution >= 4 is 17.3 Å². The second kappa shape index (κ2) is 10.4. The monoisotopic (exact) mass is 493 g/mol. The lowest BCUT2D eigenvalue weighted by Gasteiger charge is -2.30. The van der Waals surface area contributed by atoms with Crippen LogP contribution < -0.4 is 5.32 Å². The Kier molecular flexibility index (Phi) is 7.13. The van der Waals surface area contributed by atoms with Gasteiger partial charge in [-0.25, -0.2) is 4.39 Å². The maximum absolute atomic E-state index is 13.6. The van der Waals surface area contributed by atoms with Gasteiger partial charge in [-0.15, -0.1) is 0 Å². The van der Waals surface area contributed by atoms with Crippen LogP contribution in [0.5, 0.6) is 0 Å². The van der Waals surface area contributed by atoms with Crippen molar-refractivity contribution in [3.63, 3.8) is 0 Å². The van der Waals surface area contributed by atoms with Gasteiger partial charge >= 0.3 is 0 Å². The highest BCUT2D eigenvalue weighted by Gasteiger charge is 2.41. The molecule has 0 aliphatic carbocycles. The Hall–Kier alpha value is -2.81. The third-order valence-corrected chi connectivity index (χ3v) is 7.40. The smallest absolute Gasteiger partial charge is 0.170 e. The predicted octanol–water partition coefficient (Wildman–Crippen LogP) is 4.32. The first-order chi connectivity index (χ1) is 17.0. The normalized spacial score (nSPS) is 20.9. The summed E-state index contributed by atoms with van der Waals surface area (Å²) < 4.78 is 21.3. The first-order valence-electron chi connectivity index (χ1n) is 12.3. The number of thiocarbonyl (C=S) groups is 1. The standard InChI is InChI=1S/C27H32FN5OS/c1-19-18-23(20(2)33(19)22-9-7-21(28)8-10-22)26-25(24-6-3-4-11-29-24)30-27(35)32(26)13-5-12-31-14-16-34-17-15-31/h3-4,6-11,18,25-26H,5,12-17H2,1-2H3,(H,30,35)/t25-,26+/m0/s1. The van der Waals surface area contributed by atoms with E-state index in [9.17, 15) is 4.39 Å². The van der Waals surface area contributed by atoms with Crippen LogP contribution in [-0.4, -0.2) is 63.9 Å². The molecule has 0 bridgehead atoms. The van der Waals surface area contributed by atoms with Crippen molar-refractivity contribution in [1.29, 1.82) is 0 Å². The van der Waals surface area contributed by atoms with Crippen molar-refractivity contribution in [2.45, 2.75) is 32.4 Å². The van der Waals surface area contributed by atoms with E-state index < -0.39 is 0 Å². The fourth-order valence-electron chi connectivity index (χ4n) is 5.35. The molecule has 0 radical (unpaired) electrons. The molecule has 1 aromatic carbocycles. The van der Waals surface area contributed by atoms with Crippen LogP contribution in [0.2, 0.25) is 0 Å². The Bertz CT molecular complexity index is 1160. The van der Waals surface area contributed by atoms with Crippen LogP contribution in [0.25, 0.3) is 5.69 Å². The molecule has 1 N–H and O–H groups in total. The molecule has 2 fully saturated rings. The van der Waals surface area contributed by atoms with Crippen LogP contribution >= 0.6 is 12.2 Å². The van der Waals surface area contributed by atoms with E-state index >= 15 is 0 Å². The highest BCUT2D eigenvalue weighted by atomic mass is 32.1. The van der Waals surface area contributed by atoms with Crippen LogP contribution in [0.15, 0.2) is 54.7 Å². The molecule has 3 aromatic rings. The minimum Gasteiger partial charge on any atom is -0.379 e. The summed E-state index contributed by atoms with van der Waals surface area (Å²) >= 11 is 5.86. The van der Waals surface area contributed by atoms with Gasteiger partial charge in [0.1, 0.15) is 5.82 Å². The van der Waals surface area contributed by atoms with Crippen molar-refractivity contribution in [2.24, 2.45) is 0 Å². The van der Waals surface area contributed by atoms with Gasteiger partial charge in [0.05, 0.1) is 31.0 Å². The number of morpholine rings is 1. The summed E-state index contributed by atoms with van der Waals surface area (Å²) in [4.78, 5) is 9.45. The summed E-state index contributed by atoms with van der Waals surface area (Å²) in [6.45, 7) is 9.71. The maximum Gasteiger partial charge on any atom is 0.170 e. The number of pyridine rings is 1. The number of aromatic nitrogens is 2. The van der Waals surface area contributed by atoms with E-state index in [1.54, 1.807) is 0 Å². The summed E-state index contributed by atoms with van der Waals surface area (Å²) in [7, 11) is 0. The highest BCUT2D eigenvalue weighted by molar-refractivity contribution is 7.80. The summed E-state index contributed by atoms with van der Waals surface area (Å²) in [5.41, 5.74) is 5.37. The number of nitrogens with zero attached hydrogens (tertiary/aromatic N) is 4. The zero-order valence-corrected chi connectivity index (χ0v) is 21.1. The molecule has 0 saturated carbocycles. The molecule has 184 valence electrons. The summed E-state index contributed by atoms with van der Waals surface area (Å²) in [6, 6.07) is 14.9. The minimum atomic E-state index is -0.233. The molecule has 2 aliphatic rings. The largest absolute Gasteiger partial charge is 0.379 e. The van der Waals surface area contributed by atoms with Crippen LogP contribution in [0.4, 0.5) is 4.39 Å². The van der Waals surface area contributed by atoms with Crippen molar-refractivity contribution in [1.82, 2.24) is 24.7 Å². The number of halogens is 1. The van der Waals surface area contributed by atoms with E-state index in [-0.39, 0.29) is 17.9 Å². The van der Waals surface area contributed by atoms with E-state index in [0.29, 0.717) is 0 Å². The fourth-order valence-corrected chi connectivity index (χ4v) is 5.68. The second-order valence-electron chi connectivity index (χ2n) is 9.27. The van der Waals surface area contributed by atoms with E-state index in [0.717, 1.165) is 73.7 Å². The lowest BCUT2D eigenvalue weighted by molar-refractivity contribution is 0.0365. The van der Waals surface area contributed by atoms with Crippen molar-refractivity contribution in [3.8, 4) is 5.69 Å². The van der Waals surface area contributed by atoms with Crippen LogP contribution in [0, 0.1) is 19.7 Å². The molecule has 2 aromatic heterocycles. The van der Waals surface area contributed by atoms with Gasteiger partial charge in [-0.1, -0.05) is 6.07 Å². The first-order valence-corrected chi connectivity index (χ1v) is 12.7. The van der Waals surface area contributed by atoms with Gasteiger partial charge in [0.2, 0.25) is 0 Å². The van der Waals surface area contributed by atoms with Gasteiger partial charge in [0, 0.05) is 49.5 Å². The number of hydrogen-bond donors (Lipinski definition) is 1. The molecule has 2 atom stereocenters. The molecule has 0 amide bonds. The van der Waals surface area contributed by atoms with Crippen LogP contribution in [-0.2, 0) is 4.74 Å². The lowest BCUT2D eigenvalue weighted by Crippen LogP contribution is -2.39. The highest BCUT2D eigenvalue weighted by Crippen LogP contribution is 2.41. The minimum absolute atomic E-state index is 0.0162. The Morgan fingerprint density at radius 2 is 1.86 bits per heavy atom. The quantitative estimate of drug-likeness (QED) is 0.495. The van der Waals surface area contributed by atoms with Gasteiger partial charge in [0.25, 0.3) is 0 Å². The molecular weight excluding hydrogens is 461 g/mol. The molecule has 0 unspecified atom stereocenters. The van der Waals surface area contributed by atoms with Crippen molar-refractivity contribution in [2.75, 3.05) is 39.4 Å². The Morgan fingerprint density at radius 1 is 1.09 bits per heavy atom. The molecule has 4 heterocycles. The SMILES string of the molecule is Cc1cc([C@@H]2[C@H](c3ccccn3)NC(=S)N2CCCN2CCOCC2)c(C)n1-c1ccc(F)cc1. The van der Waals surface area contributed by atoms with Crippen LogP contribution in [0.3, 0.4) is 0 Å². The van der Waals surface area contributed by atoms with E-state index in [4.69, 9.17) is 17.0 Å². The fraction of sp³-hybridized carbons (Fsp3) is 0.407. The number of hydrogen-bond acceptors (Lipinski definition) is 4. The maximum atomic E-state index is 13.6. The molecular formula is C27H32FN5OS. The molecule has 2 aliphatic heterocycles. The average Bonchev–Trinajstić information content (AvgIpc) is 3.36. The Balaban J connectivity index is 1.47. The number of aryl methyl sites for hydroxylation is 1. The van der Waals surface area contributed by atoms with Gasteiger partial charge in [0.15, 0.2) is 5.11 Å². The van der Waals surface area contributed by atoms with Gasteiger partial charge in [-0.05, 0) is 80.5 Å². The summed E-state index contributed by atoms with van der Waals surface area (Å²) in [5.74, 6) is -0.233. The molecule has 6 nitrogen and oxygen atoms in total. The topological polar surface area (TPSA) is 45.6 Å². The Morgan fingerprint density at radius 3 is 2.57 bits per heavy atom. The third-order valence-electron chi connectivity index (χ3n) is 7.05. The average molecular weight is 494 g/mol. The van der Waals surface area contributed by atoms with Crippen molar-refractivity contribution < 1.29 is 9.13 Å². The van der Waals surface area contributed by atoms with E-state index in [1.165, 1.54) is 17.7 Å². The first kappa shape index (κ1) is 23.9.